The Bertz CT molecular complexity index is 5890. The Hall–Kier alpha value is -10.4. The Morgan fingerprint density at radius 2 is 0.179 bits per heavy atom. The third-order valence-corrected chi connectivity index (χ3v) is 36.2. The van der Waals surface area contributed by atoms with Crippen LogP contribution in [0.2, 0.25) is 33.2 Å². The molecular weight excluding hydrogens is 1710 g/mol. The standard InChI is InChI=1S/C138H186Si2/c1-101(2)139(102(3)4,103(5)6)91-89-121(137(55,56)57)99-119(135(49,50)51)87-73-71-85-117(133(43,44)45)97-115(131(37,38)39)83-69-67-81-113(129(31,32)33)95-111(127(25,26)27)79-65-63-77-109(125(19,20)21)93-107(123(13,14)15)75-61-62-76-108(124(16,17)18)94-110(126(22,23)24)78-64-66-80-112(128(28,29)30)96-114(130(34,35)36)82-68-70-84-116(132(40,41)42)98-118(134(46,47)48)86-72-74-88-120(136(52,53)54)100-122(138(58,59)60)90-92-140(104(7)8,105(9)10)106(11)12/h101-106H,1-60H3. The minimum atomic E-state index is -1.99. The Labute approximate surface area is 868 Å². The molecule has 0 aliphatic rings. The van der Waals surface area contributed by atoms with Crippen LogP contribution in [0.1, 0.15) is 415 Å². The van der Waals surface area contributed by atoms with Crippen LogP contribution >= 0.6 is 0 Å². The lowest BCUT2D eigenvalue weighted by Gasteiger charge is -2.38. The summed E-state index contributed by atoms with van der Waals surface area (Å²) in [6, 6.07) is 0. The van der Waals surface area contributed by atoms with Crippen molar-refractivity contribution in [3.8, 4) is 189 Å². The average Bonchev–Trinajstić information content (AvgIpc) is 0.794. The monoisotopic (exact) mass is 1900 g/mol. The second kappa shape index (κ2) is 50.5. The van der Waals surface area contributed by atoms with E-state index < -0.39 is 37.8 Å². The fourth-order valence-corrected chi connectivity index (χ4v) is 24.4. The summed E-state index contributed by atoms with van der Waals surface area (Å²) in [6.07, 6.45) is 0. The van der Waals surface area contributed by atoms with Crippen molar-refractivity contribution in [3.63, 3.8) is 0 Å². The maximum atomic E-state index is 3.96. The highest BCUT2D eigenvalue weighted by molar-refractivity contribution is 6.91. The maximum absolute atomic E-state index is 3.96. The third kappa shape index (κ3) is 44.4. The van der Waals surface area contributed by atoms with Crippen LogP contribution in [0.3, 0.4) is 0 Å². The largest absolute Gasteiger partial charge is 0.146 e. The molecule has 0 amide bonds. The predicted molar refractivity (Wildman–Crippen MR) is 622 cm³/mol. The van der Waals surface area contributed by atoms with Crippen LogP contribution in [0.15, 0.2) is 135 Å². The van der Waals surface area contributed by atoms with Gasteiger partial charge in [-0.1, -0.05) is 473 Å². The Morgan fingerprint density at radius 3 is 0.236 bits per heavy atom. The van der Waals surface area contributed by atoms with Crippen LogP contribution in [0, 0.1) is 275 Å². The number of allylic oxidation sites excluding steroid dienone is 8. The molecule has 0 aromatic carbocycles. The van der Waals surface area contributed by atoms with Gasteiger partial charge in [0.25, 0.3) is 0 Å². The molecule has 0 atom stereocenters. The molecule has 0 saturated heterocycles. The van der Waals surface area contributed by atoms with Crippen molar-refractivity contribution in [1.29, 1.82) is 0 Å². The molecule has 0 spiro atoms. The van der Waals surface area contributed by atoms with Gasteiger partial charge >= 0.3 is 0 Å². The molecule has 0 rings (SSSR count). The van der Waals surface area contributed by atoms with Crippen molar-refractivity contribution in [2.24, 2.45) is 86.6 Å². The van der Waals surface area contributed by atoms with Gasteiger partial charge in [0, 0.05) is 97.8 Å². The SMILES string of the molecule is CC(C)[Si](C#CC(=C=C(C#CC#CC(=C=C(C#CC#CC(=C=C(C#CC#CC(=C=C(C#CC#CC(=C=C(C#CC#CC(=C=C(C#CC#CC(=C=C(C#CC#CC(=C=C(C#C[Si](C(C)C)(C(C)C)C(C)C)C(C)(C)C)C(C)(C)C)C(C)(C)C)C(C)(C)C)C(C)(C)C)C(C)(C)C)C(C)(C)C)C(C)(C)C)C(C)(C)C)C(C)(C)C)C(C)(C)C)C(C)(C)C)C(C)(C)C)C(C)(C)C)C(C)(C)C)C(C)(C)C)(C(C)C)C(C)C. The fraction of sp³-hybridized carbons (Fsp3) is 0.594. The number of hydrogen-bond donors (Lipinski definition) is 0. The first-order chi connectivity index (χ1) is 62.6. The summed E-state index contributed by atoms with van der Waals surface area (Å²) in [7, 11) is -3.99. The van der Waals surface area contributed by atoms with Gasteiger partial charge in [-0.25, -0.2) is 0 Å². The van der Waals surface area contributed by atoms with E-state index in [0.717, 1.165) is 89.2 Å². The zero-order chi connectivity index (χ0) is 110. The summed E-state index contributed by atoms with van der Waals surface area (Å²) in [5, 5.41) is 0. The minimum Gasteiger partial charge on any atom is -0.125 e. The highest BCUT2D eigenvalue weighted by Gasteiger charge is 2.44. The molecule has 0 aromatic rings. The summed E-state index contributed by atoms with van der Waals surface area (Å²) < 4.78 is 0. The van der Waals surface area contributed by atoms with Gasteiger partial charge in [0.05, 0.1) is 78.0 Å². The molecule has 0 fully saturated rings. The maximum Gasteiger partial charge on any atom is 0.146 e. The second-order valence-corrected chi connectivity index (χ2v) is 67.0. The molecule has 0 heterocycles. The lowest BCUT2D eigenvalue weighted by atomic mass is 9.82. The molecule has 140 heavy (non-hydrogen) atoms. The molecule has 0 unspecified atom stereocenters. The molecule has 0 nitrogen and oxygen atoms in total. The fourth-order valence-electron chi connectivity index (χ4n) is 14.0. The van der Waals surface area contributed by atoms with Gasteiger partial charge < -0.3 is 0 Å². The molecule has 0 radical (unpaired) electrons. The lowest BCUT2D eigenvalue weighted by molar-refractivity contribution is 0.508. The number of rotatable bonds is 6. The first kappa shape index (κ1) is 130. The van der Waals surface area contributed by atoms with Crippen LogP contribution in [0.5, 0.6) is 0 Å². The van der Waals surface area contributed by atoms with Crippen molar-refractivity contribution in [2.45, 2.75) is 449 Å². The smallest absolute Gasteiger partial charge is 0.125 e. The van der Waals surface area contributed by atoms with Crippen LogP contribution in [0.25, 0.3) is 0 Å². The van der Waals surface area contributed by atoms with E-state index in [4.69, 9.17) is 0 Å². The van der Waals surface area contributed by atoms with Gasteiger partial charge in [-0.05, 0) is 199 Å². The van der Waals surface area contributed by atoms with Crippen molar-refractivity contribution in [3.05, 3.63) is 135 Å². The van der Waals surface area contributed by atoms with Crippen LogP contribution in [0.4, 0.5) is 0 Å². The van der Waals surface area contributed by atoms with E-state index in [1.165, 1.54) is 0 Å². The van der Waals surface area contributed by atoms with E-state index in [2.05, 4.69) is 650 Å². The van der Waals surface area contributed by atoms with Gasteiger partial charge in [0.1, 0.15) is 16.1 Å². The predicted octanol–water partition coefficient (Wildman–Crippen LogP) is 35.8. The molecule has 0 aliphatic carbocycles. The van der Waals surface area contributed by atoms with Crippen molar-refractivity contribution in [1.82, 2.24) is 0 Å². The molecule has 2 heteroatoms. The number of hydrogen-bond acceptors (Lipinski definition) is 0. The van der Waals surface area contributed by atoms with Crippen LogP contribution in [-0.2, 0) is 0 Å². The van der Waals surface area contributed by atoms with E-state index in [1.54, 1.807) is 0 Å². The van der Waals surface area contributed by atoms with E-state index in [0.29, 0.717) is 33.2 Å². The van der Waals surface area contributed by atoms with Crippen LogP contribution < -0.4 is 0 Å². The summed E-state index contributed by atoms with van der Waals surface area (Å²) in [5.74, 6) is 100. The lowest BCUT2D eigenvalue weighted by Crippen LogP contribution is -2.43. The van der Waals surface area contributed by atoms with E-state index >= 15 is 0 Å². The van der Waals surface area contributed by atoms with E-state index in [9.17, 15) is 0 Å². The van der Waals surface area contributed by atoms with E-state index in [1.807, 2.05) is 0 Å². The van der Waals surface area contributed by atoms with Gasteiger partial charge in [0.15, 0.2) is 0 Å². The van der Waals surface area contributed by atoms with Gasteiger partial charge in [-0.3, -0.25) is 0 Å². The first-order valence-electron chi connectivity index (χ1n) is 50.9. The molecule has 0 aliphatic heterocycles. The van der Waals surface area contributed by atoms with Crippen LogP contribution in [-0.4, -0.2) is 16.1 Å². The Morgan fingerprint density at radius 1 is 0.114 bits per heavy atom. The molecule has 0 N–H and O–H groups in total. The Kier molecular flexibility index (Phi) is 46.7. The quantitative estimate of drug-likeness (QED) is 0.141. The zero-order valence-corrected chi connectivity index (χ0v) is 102. The molecule has 0 bridgehead atoms. The Balaban J connectivity index is 9.03. The summed E-state index contributed by atoms with van der Waals surface area (Å²) in [5.41, 5.74) is 48.1. The van der Waals surface area contributed by atoms with Crippen molar-refractivity contribution >= 4 is 16.1 Å². The first-order valence-corrected chi connectivity index (χ1v) is 55.4. The zero-order valence-electron chi connectivity index (χ0n) is 100. The van der Waals surface area contributed by atoms with Crippen molar-refractivity contribution in [2.75, 3.05) is 0 Å². The normalized spacial score (nSPS) is 11.8. The van der Waals surface area contributed by atoms with Gasteiger partial charge in [-0.2, -0.15) is 0 Å². The molecule has 0 aromatic heterocycles. The summed E-state index contributed by atoms with van der Waals surface area (Å²) in [6.45, 7) is 132. The average molecular weight is 1900 g/mol. The molecule has 746 valence electrons. The summed E-state index contributed by atoms with van der Waals surface area (Å²) in [4.78, 5) is 0. The highest BCUT2D eigenvalue weighted by Crippen LogP contribution is 2.45. The molecular formula is C138H186Si2. The van der Waals surface area contributed by atoms with Gasteiger partial charge in [0.2, 0.25) is 0 Å². The second-order valence-electron chi connectivity index (χ2n) is 55.8. The van der Waals surface area contributed by atoms with Gasteiger partial charge in [-0.15, -0.1) is 11.1 Å². The van der Waals surface area contributed by atoms with E-state index in [-0.39, 0.29) is 65.0 Å². The third-order valence-electron chi connectivity index (χ3n) is 23.6. The van der Waals surface area contributed by atoms with Crippen molar-refractivity contribution < 1.29 is 0 Å². The molecule has 0 saturated carbocycles. The highest BCUT2D eigenvalue weighted by atomic mass is 28.3. The summed E-state index contributed by atoms with van der Waals surface area (Å²) >= 11 is 0. The minimum absolute atomic E-state index is 0.225. The topological polar surface area (TPSA) is 0 Å².